The van der Waals surface area contributed by atoms with Crippen LogP contribution in [0.15, 0.2) is 54.9 Å². The average Bonchev–Trinajstić information content (AvgIpc) is 2.54. The summed E-state index contributed by atoms with van der Waals surface area (Å²) in [5, 5.41) is 2.94. The summed E-state index contributed by atoms with van der Waals surface area (Å²) in [6.45, 7) is 4.13. The number of amides is 1. The molecule has 0 radical (unpaired) electrons. The number of hydrogen-bond donors (Lipinski definition) is 1. The molecule has 0 aliphatic heterocycles. The van der Waals surface area contributed by atoms with Crippen molar-refractivity contribution in [1.29, 1.82) is 0 Å². The van der Waals surface area contributed by atoms with E-state index >= 15 is 0 Å². The quantitative estimate of drug-likeness (QED) is 0.887. The van der Waals surface area contributed by atoms with Gasteiger partial charge in [-0.3, -0.25) is 9.78 Å². The molecular weight excluding hydrogens is 264 g/mol. The maximum atomic E-state index is 12.1. The standard InChI is InChI=1S/C17H20N2O2/c1-13(16-8-10-18-11-9-16)19-17(20)14(2)21-12-15-6-4-3-5-7-15/h3-11,13-14H,12H2,1-2H3,(H,19,20)/t13-,14+/m0/s1. The van der Waals surface area contributed by atoms with Gasteiger partial charge in [0.05, 0.1) is 12.6 Å². The Morgan fingerprint density at radius 3 is 2.48 bits per heavy atom. The lowest BCUT2D eigenvalue weighted by Gasteiger charge is -2.18. The van der Waals surface area contributed by atoms with Gasteiger partial charge >= 0.3 is 0 Å². The van der Waals surface area contributed by atoms with Gasteiger partial charge in [0.25, 0.3) is 0 Å². The van der Waals surface area contributed by atoms with E-state index in [1.165, 1.54) is 0 Å². The number of nitrogens with zero attached hydrogens (tertiary/aromatic N) is 1. The van der Waals surface area contributed by atoms with Crippen LogP contribution in [0, 0.1) is 0 Å². The molecule has 1 amide bonds. The van der Waals surface area contributed by atoms with E-state index in [1.54, 1.807) is 19.3 Å². The second-order valence-corrected chi connectivity index (χ2v) is 4.95. The number of nitrogens with one attached hydrogen (secondary N) is 1. The zero-order valence-electron chi connectivity index (χ0n) is 12.3. The van der Waals surface area contributed by atoms with Gasteiger partial charge in [-0.1, -0.05) is 30.3 Å². The van der Waals surface area contributed by atoms with Gasteiger partial charge in [-0.25, -0.2) is 0 Å². The molecule has 110 valence electrons. The Morgan fingerprint density at radius 2 is 1.81 bits per heavy atom. The minimum atomic E-state index is -0.491. The van der Waals surface area contributed by atoms with Crippen molar-refractivity contribution < 1.29 is 9.53 Å². The van der Waals surface area contributed by atoms with Crippen molar-refractivity contribution in [3.05, 3.63) is 66.0 Å². The van der Waals surface area contributed by atoms with E-state index in [-0.39, 0.29) is 11.9 Å². The topological polar surface area (TPSA) is 51.2 Å². The maximum Gasteiger partial charge on any atom is 0.249 e. The highest BCUT2D eigenvalue weighted by atomic mass is 16.5. The Balaban J connectivity index is 1.82. The lowest BCUT2D eigenvalue weighted by atomic mass is 10.1. The van der Waals surface area contributed by atoms with Gasteiger partial charge in [-0.2, -0.15) is 0 Å². The summed E-state index contributed by atoms with van der Waals surface area (Å²) in [5.74, 6) is -0.116. The molecule has 2 aromatic rings. The Hall–Kier alpha value is -2.20. The van der Waals surface area contributed by atoms with Crippen LogP contribution in [0.4, 0.5) is 0 Å². The van der Waals surface area contributed by atoms with Crippen molar-refractivity contribution in [3.63, 3.8) is 0 Å². The molecule has 4 heteroatoms. The van der Waals surface area contributed by atoms with Crippen LogP contribution in [0.1, 0.15) is 31.0 Å². The highest BCUT2D eigenvalue weighted by molar-refractivity contribution is 5.80. The predicted octanol–water partition coefficient (Wildman–Crippen LogP) is 2.86. The summed E-state index contributed by atoms with van der Waals surface area (Å²) in [7, 11) is 0. The first-order chi connectivity index (χ1) is 10.2. The SMILES string of the molecule is C[C@H](NC(=O)[C@@H](C)OCc1ccccc1)c1ccncc1. The Morgan fingerprint density at radius 1 is 1.14 bits per heavy atom. The molecule has 2 rings (SSSR count). The number of pyridine rings is 1. The molecule has 0 spiro atoms. The first-order valence-electron chi connectivity index (χ1n) is 7.02. The molecule has 0 saturated carbocycles. The second kappa shape index (κ2) is 7.55. The van der Waals surface area contributed by atoms with Crippen LogP contribution in [0.2, 0.25) is 0 Å². The van der Waals surface area contributed by atoms with Crippen molar-refractivity contribution in [1.82, 2.24) is 10.3 Å². The lowest BCUT2D eigenvalue weighted by molar-refractivity contribution is -0.133. The molecule has 4 nitrogen and oxygen atoms in total. The average molecular weight is 284 g/mol. The van der Waals surface area contributed by atoms with E-state index in [0.29, 0.717) is 6.61 Å². The summed E-state index contributed by atoms with van der Waals surface area (Å²) in [4.78, 5) is 16.1. The molecule has 0 unspecified atom stereocenters. The van der Waals surface area contributed by atoms with Gasteiger partial charge < -0.3 is 10.1 Å². The number of ether oxygens (including phenoxy) is 1. The Bertz CT molecular complexity index is 558. The monoisotopic (exact) mass is 284 g/mol. The smallest absolute Gasteiger partial charge is 0.249 e. The van der Waals surface area contributed by atoms with Crippen LogP contribution in [0.3, 0.4) is 0 Å². The van der Waals surface area contributed by atoms with Crippen LogP contribution in [-0.2, 0) is 16.1 Å². The van der Waals surface area contributed by atoms with Gasteiger partial charge in [-0.15, -0.1) is 0 Å². The highest BCUT2D eigenvalue weighted by Gasteiger charge is 2.16. The maximum absolute atomic E-state index is 12.1. The number of carbonyl (C=O) groups is 1. The van der Waals surface area contributed by atoms with Gasteiger partial charge in [0.1, 0.15) is 6.10 Å². The fourth-order valence-corrected chi connectivity index (χ4v) is 1.94. The van der Waals surface area contributed by atoms with Crippen LogP contribution in [0.25, 0.3) is 0 Å². The molecule has 21 heavy (non-hydrogen) atoms. The first kappa shape index (κ1) is 15.2. The van der Waals surface area contributed by atoms with Crippen molar-refractivity contribution in [2.45, 2.75) is 32.6 Å². The molecule has 2 atom stereocenters. The molecule has 0 bridgehead atoms. The Kier molecular flexibility index (Phi) is 5.46. The Labute approximate surface area is 125 Å². The van der Waals surface area contributed by atoms with Crippen LogP contribution >= 0.6 is 0 Å². The van der Waals surface area contributed by atoms with Gasteiger partial charge in [0.2, 0.25) is 5.91 Å². The van der Waals surface area contributed by atoms with Crippen molar-refractivity contribution in [3.8, 4) is 0 Å². The second-order valence-electron chi connectivity index (χ2n) is 4.95. The molecule has 1 N–H and O–H groups in total. The highest BCUT2D eigenvalue weighted by Crippen LogP contribution is 2.11. The zero-order valence-corrected chi connectivity index (χ0v) is 12.3. The van der Waals surface area contributed by atoms with E-state index in [0.717, 1.165) is 11.1 Å². The molecule has 0 aliphatic carbocycles. The molecule has 1 aromatic heterocycles. The molecular formula is C17H20N2O2. The minimum Gasteiger partial charge on any atom is -0.364 e. The van der Waals surface area contributed by atoms with Crippen LogP contribution < -0.4 is 5.32 Å². The third-order valence-electron chi connectivity index (χ3n) is 3.28. The summed E-state index contributed by atoms with van der Waals surface area (Å²) in [5.41, 5.74) is 2.08. The summed E-state index contributed by atoms with van der Waals surface area (Å²) < 4.78 is 5.60. The van der Waals surface area contributed by atoms with Crippen molar-refractivity contribution in [2.24, 2.45) is 0 Å². The fraction of sp³-hybridized carbons (Fsp3) is 0.294. The lowest BCUT2D eigenvalue weighted by Crippen LogP contribution is -2.36. The van der Waals surface area contributed by atoms with E-state index in [2.05, 4.69) is 10.3 Å². The van der Waals surface area contributed by atoms with E-state index in [4.69, 9.17) is 4.74 Å². The fourth-order valence-electron chi connectivity index (χ4n) is 1.94. The largest absolute Gasteiger partial charge is 0.364 e. The molecule has 0 aliphatic rings. The molecule has 1 aromatic carbocycles. The minimum absolute atomic E-state index is 0.0664. The first-order valence-corrected chi connectivity index (χ1v) is 7.02. The van der Waals surface area contributed by atoms with Crippen LogP contribution in [0.5, 0.6) is 0 Å². The zero-order chi connectivity index (χ0) is 15.1. The van der Waals surface area contributed by atoms with Crippen molar-refractivity contribution >= 4 is 5.91 Å². The molecule has 0 saturated heterocycles. The number of hydrogen-bond acceptors (Lipinski definition) is 3. The van der Waals surface area contributed by atoms with E-state index in [1.807, 2.05) is 49.4 Å². The summed E-state index contributed by atoms with van der Waals surface area (Å²) >= 11 is 0. The van der Waals surface area contributed by atoms with E-state index in [9.17, 15) is 4.79 Å². The van der Waals surface area contributed by atoms with Gasteiger partial charge in [-0.05, 0) is 37.1 Å². The molecule has 1 heterocycles. The van der Waals surface area contributed by atoms with Gasteiger partial charge in [0.15, 0.2) is 0 Å². The molecule has 0 fully saturated rings. The van der Waals surface area contributed by atoms with Gasteiger partial charge in [0, 0.05) is 12.4 Å². The third-order valence-corrected chi connectivity index (χ3v) is 3.28. The van der Waals surface area contributed by atoms with Crippen molar-refractivity contribution in [2.75, 3.05) is 0 Å². The number of benzene rings is 1. The third kappa shape index (κ3) is 4.68. The predicted molar refractivity (Wildman–Crippen MR) is 81.5 cm³/mol. The van der Waals surface area contributed by atoms with E-state index < -0.39 is 6.10 Å². The number of aromatic nitrogens is 1. The normalized spacial score (nSPS) is 13.4. The summed E-state index contributed by atoms with van der Waals surface area (Å²) in [6.07, 6.45) is 2.94. The summed E-state index contributed by atoms with van der Waals surface area (Å²) in [6, 6.07) is 13.5. The number of rotatable bonds is 6. The van der Waals surface area contributed by atoms with Crippen LogP contribution in [-0.4, -0.2) is 17.0 Å². The number of carbonyl (C=O) groups excluding carboxylic acids is 1.